The molecule has 0 N–H and O–H groups in total. The summed E-state index contributed by atoms with van der Waals surface area (Å²) >= 11 is 0. The number of nitrogens with zero attached hydrogens (tertiary/aromatic N) is 4. The summed E-state index contributed by atoms with van der Waals surface area (Å²) in [6.07, 6.45) is 4.21. The van der Waals surface area contributed by atoms with E-state index in [0.29, 0.717) is 43.0 Å². The molecule has 5 rings (SSSR count). The van der Waals surface area contributed by atoms with Crippen LogP contribution in [0.25, 0.3) is 5.65 Å². The zero-order valence-electron chi connectivity index (χ0n) is 15.3. The minimum absolute atomic E-state index is 0.0288. The fourth-order valence-electron chi connectivity index (χ4n) is 4.26. The van der Waals surface area contributed by atoms with E-state index in [1.807, 2.05) is 4.90 Å². The number of halogens is 2. The Morgan fingerprint density at radius 1 is 1.07 bits per heavy atom. The first-order valence-corrected chi connectivity index (χ1v) is 9.63. The van der Waals surface area contributed by atoms with Crippen molar-refractivity contribution in [3.8, 4) is 0 Å². The molecule has 1 amide bonds. The summed E-state index contributed by atoms with van der Waals surface area (Å²) < 4.78 is 29.1. The highest BCUT2D eigenvalue weighted by molar-refractivity contribution is 5.91. The SMILES string of the molecule is O=C(N1CCC(c2nc3ccc(F)cn3n2)CC1)C1(c2ccccc2F)CC1. The van der Waals surface area contributed by atoms with Gasteiger partial charge < -0.3 is 4.90 Å². The van der Waals surface area contributed by atoms with Crippen molar-refractivity contribution in [2.45, 2.75) is 37.0 Å². The minimum atomic E-state index is -0.683. The lowest BCUT2D eigenvalue weighted by molar-refractivity contribution is -0.135. The molecule has 0 bridgehead atoms. The molecule has 3 heterocycles. The second kappa shape index (κ2) is 6.36. The second-order valence-electron chi connectivity index (χ2n) is 7.75. The van der Waals surface area contributed by atoms with E-state index < -0.39 is 5.41 Å². The summed E-state index contributed by atoms with van der Waals surface area (Å²) in [6.45, 7) is 1.20. The predicted octanol–water partition coefficient (Wildman–Crippen LogP) is 3.45. The number of carbonyl (C=O) groups is 1. The molecule has 1 saturated heterocycles. The van der Waals surface area contributed by atoms with Crippen molar-refractivity contribution < 1.29 is 13.6 Å². The molecule has 1 aliphatic carbocycles. The Hall–Kier alpha value is -2.83. The maximum absolute atomic E-state index is 14.2. The molecule has 144 valence electrons. The number of hydrogen-bond acceptors (Lipinski definition) is 3. The van der Waals surface area contributed by atoms with Crippen LogP contribution in [0.5, 0.6) is 0 Å². The van der Waals surface area contributed by atoms with Crippen molar-refractivity contribution in [2.75, 3.05) is 13.1 Å². The molecule has 1 aliphatic heterocycles. The minimum Gasteiger partial charge on any atom is -0.342 e. The highest BCUT2D eigenvalue weighted by Gasteiger charge is 2.54. The number of aromatic nitrogens is 3. The highest BCUT2D eigenvalue weighted by Crippen LogP contribution is 2.50. The van der Waals surface area contributed by atoms with Gasteiger partial charge in [-0.2, -0.15) is 5.10 Å². The van der Waals surface area contributed by atoms with Crippen LogP contribution in [0.3, 0.4) is 0 Å². The number of rotatable bonds is 3. The number of amides is 1. The molecule has 2 aromatic heterocycles. The molecule has 1 saturated carbocycles. The summed E-state index contributed by atoms with van der Waals surface area (Å²) in [6, 6.07) is 9.57. The second-order valence-corrected chi connectivity index (χ2v) is 7.75. The number of piperidine rings is 1. The van der Waals surface area contributed by atoms with Crippen molar-refractivity contribution in [1.82, 2.24) is 19.5 Å². The van der Waals surface area contributed by atoms with Gasteiger partial charge in [-0.1, -0.05) is 18.2 Å². The first kappa shape index (κ1) is 17.3. The first-order valence-electron chi connectivity index (χ1n) is 9.63. The van der Waals surface area contributed by atoms with Gasteiger partial charge >= 0.3 is 0 Å². The summed E-state index contributed by atoms with van der Waals surface area (Å²) in [5.74, 6) is 0.196. The van der Waals surface area contributed by atoms with Crippen molar-refractivity contribution in [3.63, 3.8) is 0 Å². The van der Waals surface area contributed by atoms with E-state index in [-0.39, 0.29) is 23.5 Å². The normalized spacial score (nSPS) is 19.1. The lowest BCUT2D eigenvalue weighted by atomic mass is 9.90. The molecule has 28 heavy (non-hydrogen) atoms. The number of likely N-dealkylation sites (tertiary alicyclic amines) is 1. The average molecular weight is 382 g/mol. The molecule has 3 aromatic rings. The Kier molecular flexibility index (Phi) is 3.92. The fourth-order valence-corrected chi connectivity index (χ4v) is 4.26. The van der Waals surface area contributed by atoms with Crippen LogP contribution in [-0.2, 0) is 10.2 Å². The summed E-state index contributed by atoms with van der Waals surface area (Å²) in [7, 11) is 0. The van der Waals surface area contributed by atoms with Crippen LogP contribution in [0.2, 0.25) is 0 Å². The third-order valence-corrected chi connectivity index (χ3v) is 6.01. The number of benzene rings is 1. The Balaban J connectivity index is 1.30. The van der Waals surface area contributed by atoms with Crippen LogP contribution in [0.4, 0.5) is 8.78 Å². The van der Waals surface area contributed by atoms with Gasteiger partial charge in [0.15, 0.2) is 11.5 Å². The summed E-state index contributed by atoms with van der Waals surface area (Å²) in [5, 5.41) is 4.40. The summed E-state index contributed by atoms with van der Waals surface area (Å²) in [4.78, 5) is 19.5. The van der Waals surface area contributed by atoms with Crippen molar-refractivity contribution in [2.24, 2.45) is 0 Å². The van der Waals surface area contributed by atoms with Crippen LogP contribution in [0, 0.1) is 11.6 Å². The van der Waals surface area contributed by atoms with Crippen molar-refractivity contribution >= 4 is 11.6 Å². The fraction of sp³-hybridized carbons (Fsp3) is 0.381. The molecule has 2 aliphatic rings. The van der Waals surface area contributed by atoms with Crippen LogP contribution in [0.1, 0.15) is 43.0 Å². The van der Waals surface area contributed by atoms with E-state index in [1.165, 1.54) is 22.8 Å². The van der Waals surface area contributed by atoms with Gasteiger partial charge in [0.1, 0.15) is 11.6 Å². The number of carbonyl (C=O) groups excluding carboxylic acids is 1. The van der Waals surface area contributed by atoms with E-state index in [9.17, 15) is 13.6 Å². The van der Waals surface area contributed by atoms with Crippen molar-refractivity contribution in [1.29, 1.82) is 0 Å². The van der Waals surface area contributed by atoms with Gasteiger partial charge in [0, 0.05) is 24.6 Å². The quantitative estimate of drug-likeness (QED) is 0.697. The van der Waals surface area contributed by atoms with Gasteiger partial charge in [0.25, 0.3) is 0 Å². The monoisotopic (exact) mass is 382 g/mol. The zero-order valence-corrected chi connectivity index (χ0v) is 15.3. The Bertz CT molecular complexity index is 1050. The van der Waals surface area contributed by atoms with Gasteiger partial charge in [-0.05, 0) is 43.9 Å². The Morgan fingerprint density at radius 3 is 2.54 bits per heavy atom. The zero-order chi connectivity index (χ0) is 19.3. The molecule has 5 nitrogen and oxygen atoms in total. The van der Waals surface area contributed by atoms with E-state index in [2.05, 4.69) is 10.1 Å². The highest BCUT2D eigenvalue weighted by atomic mass is 19.1. The van der Waals surface area contributed by atoms with E-state index in [1.54, 1.807) is 24.3 Å². The lowest BCUT2D eigenvalue weighted by Gasteiger charge is -2.33. The average Bonchev–Trinajstić information content (AvgIpc) is 3.41. The lowest BCUT2D eigenvalue weighted by Crippen LogP contribution is -2.44. The molecule has 7 heteroatoms. The number of hydrogen-bond donors (Lipinski definition) is 0. The molecule has 2 fully saturated rings. The smallest absolute Gasteiger partial charge is 0.233 e. The van der Waals surface area contributed by atoms with Gasteiger partial charge in [-0.3, -0.25) is 4.79 Å². The maximum atomic E-state index is 14.2. The number of fused-ring (bicyclic) bond motifs is 1. The largest absolute Gasteiger partial charge is 0.342 e. The topological polar surface area (TPSA) is 50.5 Å². The van der Waals surface area contributed by atoms with Crippen LogP contribution >= 0.6 is 0 Å². The molecule has 0 atom stereocenters. The van der Waals surface area contributed by atoms with Gasteiger partial charge in [0.2, 0.25) is 5.91 Å². The van der Waals surface area contributed by atoms with Crippen LogP contribution < -0.4 is 0 Å². The van der Waals surface area contributed by atoms with Crippen LogP contribution in [-0.4, -0.2) is 38.5 Å². The Labute approximate surface area is 161 Å². The van der Waals surface area contributed by atoms with Crippen LogP contribution in [0.15, 0.2) is 42.6 Å². The molecule has 0 unspecified atom stereocenters. The van der Waals surface area contributed by atoms with E-state index in [0.717, 1.165) is 12.8 Å². The molecular formula is C21H20F2N4O. The van der Waals surface area contributed by atoms with E-state index >= 15 is 0 Å². The maximum Gasteiger partial charge on any atom is 0.233 e. The number of pyridine rings is 1. The van der Waals surface area contributed by atoms with Gasteiger partial charge in [0.05, 0.1) is 11.6 Å². The Morgan fingerprint density at radius 2 is 1.82 bits per heavy atom. The van der Waals surface area contributed by atoms with Gasteiger partial charge in [-0.25, -0.2) is 18.3 Å². The standard InChI is InChI=1S/C21H20F2N4O/c22-15-5-6-18-24-19(25-27(18)13-15)14-7-11-26(12-8-14)20(28)21(9-10-21)16-3-1-2-4-17(16)23/h1-6,13-14H,7-12H2. The third kappa shape index (κ3) is 2.77. The molecule has 0 spiro atoms. The van der Waals surface area contributed by atoms with E-state index in [4.69, 9.17) is 0 Å². The molecule has 0 radical (unpaired) electrons. The molecular weight excluding hydrogens is 362 g/mol. The summed E-state index contributed by atoms with van der Waals surface area (Å²) in [5.41, 5.74) is 0.453. The first-order chi connectivity index (χ1) is 13.6. The third-order valence-electron chi connectivity index (χ3n) is 6.01. The van der Waals surface area contributed by atoms with Gasteiger partial charge in [-0.15, -0.1) is 0 Å². The predicted molar refractivity (Wildman–Crippen MR) is 98.8 cm³/mol. The molecule has 1 aromatic carbocycles. The van der Waals surface area contributed by atoms with Crippen molar-refractivity contribution in [3.05, 3.63) is 65.6 Å².